The fourth-order valence-electron chi connectivity index (χ4n) is 2.88. The van der Waals surface area contributed by atoms with E-state index < -0.39 is 0 Å². The molecule has 0 bridgehead atoms. The van der Waals surface area contributed by atoms with Gasteiger partial charge in [-0.2, -0.15) is 0 Å². The smallest absolute Gasteiger partial charge is 0.223 e. The molecule has 3 unspecified atom stereocenters. The maximum Gasteiger partial charge on any atom is 0.223 e. The van der Waals surface area contributed by atoms with Gasteiger partial charge in [-0.3, -0.25) is 4.79 Å². The van der Waals surface area contributed by atoms with Crippen LogP contribution in [-0.4, -0.2) is 17.6 Å². The van der Waals surface area contributed by atoms with Gasteiger partial charge in [-0.15, -0.1) is 0 Å². The Labute approximate surface area is 115 Å². The van der Waals surface area contributed by atoms with Crippen LogP contribution in [-0.2, 0) is 4.79 Å². The highest BCUT2D eigenvalue weighted by Gasteiger charge is 2.26. The lowest BCUT2D eigenvalue weighted by Gasteiger charge is -2.27. The van der Waals surface area contributed by atoms with Crippen LogP contribution in [0.1, 0.15) is 44.2 Å². The molecule has 1 aliphatic carbocycles. The quantitative estimate of drug-likeness (QED) is 0.875. The van der Waals surface area contributed by atoms with Crippen molar-refractivity contribution in [2.45, 2.75) is 38.6 Å². The summed E-state index contributed by atoms with van der Waals surface area (Å²) in [6.07, 6.45) is 4.31. The van der Waals surface area contributed by atoms with Crippen molar-refractivity contribution in [3.05, 3.63) is 35.9 Å². The third-order valence-electron chi connectivity index (χ3n) is 4.01. The molecule has 2 rings (SSSR count). The number of aliphatic hydroxyl groups excluding tert-OH is 1. The molecular weight excluding hydrogens is 238 g/mol. The Morgan fingerprint density at radius 2 is 2.11 bits per heavy atom. The number of carbonyl (C=O) groups is 1. The number of hydrogen-bond acceptors (Lipinski definition) is 2. The Kier molecular flexibility index (Phi) is 4.97. The predicted molar refractivity (Wildman–Crippen MR) is 75.5 cm³/mol. The molecule has 0 spiro atoms. The molecule has 3 heteroatoms. The molecule has 2 N–H and O–H groups in total. The second-order valence-corrected chi connectivity index (χ2v) is 5.62. The van der Waals surface area contributed by atoms with E-state index in [9.17, 15) is 9.90 Å². The Morgan fingerprint density at radius 1 is 1.37 bits per heavy atom. The number of rotatable bonds is 4. The standard InChI is InChI=1S/C16H23NO2/c1-12-6-5-9-14(10-12)16(19)17-15(11-18)13-7-3-2-4-8-13/h2-4,7-8,12,14-15,18H,5-6,9-11H2,1H3,(H,17,19). The minimum Gasteiger partial charge on any atom is -0.394 e. The maximum absolute atomic E-state index is 12.3. The topological polar surface area (TPSA) is 49.3 Å². The number of hydrogen-bond donors (Lipinski definition) is 2. The van der Waals surface area contributed by atoms with Crippen LogP contribution in [0.3, 0.4) is 0 Å². The van der Waals surface area contributed by atoms with Crippen molar-refractivity contribution in [3.8, 4) is 0 Å². The molecule has 0 aliphatic heterocycles. The van der Waals surface area contributed by atoms with E-state index in [1.54, 1.807) is 0 Å². The van der Waals surface area contributed by atoms with E-state index in [2.05, 4.69) is 12.2 Å². The van der Waals surface area contributed by atoms with Crippen molar-refractivity contribution in [1.29, 1.82) is 0 Å². The zero-order chi connectivity index (χ0) is 13.7. The minimum atomic E-state index is -0.286. The Bertz CT molecular complexity index is 404. The van der Waals surface area contributed by atoms with Crippen molar-refractivity contribution in [1.82, 2.24) is 5.32 Å². The van der Waals surface area contributed by atoms with Gasteiger partial charge in [0.2, 0.25) is 5.91 Å². The van der Waals surface area contributed by atoms with Gasteiger partial charge < -0.3 is 10.4 Å². The summed E-state index contributed by atoms with van der Waals surface area (Å²) in [4.78, 5) is 12.3. The van der Waals surface area contributed by atoms with Gasteiger partial charge in [0.1, 0.15) is 0 Å². The number of amides is 1. The molecule has 19 heavy (non-hydrogen) atoms. The summed E-state index contributed by atoms with van der Waals surface area (Å²) in [6, 6.07) is 9.36. The molecule has 1 fully saturated rings. The summed E-state index contributed by atoms with van der Waals surface area (Å²) in [6.45, 7) is 2.15. The molecule has 0 aromatic heterocycles. The zero-order valence-corrected chi connectivity index (χ0v) is 11.5. The molecule has 3 nitrogen and oxygen atoms in total. The van der Waals surface area contributed by atoms with Gasteiger partial charge in [0.15, 0.2) is 0 Å². The highest BCUT2D eigenvalue weighted by Crippen LogP contribution is 2.29. The predicted octanol–water partition coefficient (Wildman–Crippen LogP) is 2.66. The maximum atomic E-state index is 12.3. The van der Waals surface area contributed by atoms with Crippen LogP contribution in [0.4, 0.5) is 0 Å². The first-order chi connectivity index (χ1) is 9.20. The fraction of sp³-hybridized carbons (Fsp3) is 0.562. The first-order valence-electron chi connectivity index (χ1n) is 7.17. The van der Waals surface area contributed by atoms with Crippen molar-refractivity contribution in [2.75, 3.05) is 6.61 Å². The first-order valence-corrected chi connectivity index (χ1v) is 7.17. The average Bonchev–Trinajstić information content (AvgIpc) is 2.45. The molecule has 1 saturated carbocycles. The molecule has 0 radical (unpaired) electrons. The van der Waals surface area contributed by atoms with E-state index >= 15 is 0 Å². The molecule has 3 atom stereocenters. The van der Waals surface area contributed by atoms with Crippen LogP contribution in [0.2, 0.25) is 0 Å². The highest BCUT2D eigenvalue weighted by molar-refractivity contribution is 5.79. The molecule has 1 aromatic rings. The number of benzene rings is 1. The van der Waals surface area contributed by atoms with E-state index in [-0.39, 0.29) is 24.5 Å². The van der Waals surface area contributed by atoms with Crippen molar-refractivity contribution in [2.24, 2.45) is 11.8 Å². The summed E-state index contributed by atoms with van der Waals surface area (Å²) in [5.41, 5.74) is 0.960. The molecule has 1 aliphatic rings. The summed E-state index contributed by atoms with van der Waals surface area (Å²) in [5, 5.41) is 12.4. The van der Waals surface area contributed by atoms with Crippen LogP contribution in [0.25, 0.3) is 0 Å². The highest BCUT2D eigenvalue weighted by atomic mass is 16.3. The Hall–Kier alpha value is -1.35. The number of nitrogens with one attached hydrogen (secondary N) is 1. The molecule has 1 aromatic carbocycles. The minimum absolute atomic E-state index is 0.0575. The Balaban J connectivity index is 1.96. The number of aliphatic hydroxyl groups is 1. The lowest BCUT2D eigenvalue weighted by atomic mass is 9.82. The van der Waals surface area contributed by atoms with E-state index in [0.717, 1.165) is 24.8 Å². The number of carbonyl (C=O) groups excluding carboxylic acids is 1. The van der Waals surface area contributed by atoms with Gasteiger partial charge in [0.05, 0.1) is 12.6 Å². The molecular formula is C16H23NO2. The summed E-state index contributed by atoms with van der Waals surface area (Å²) >= 11 is 0. The second kappa shape index (κ2) is 6.71. The lowest BCUT2D eigenvalue weighted by molar-refractivity contribution is -0.127. The van der Waals surface area contributed by atoms with E-state index in [4.69, 9.17) is 0 Å². The zero-order valence-electron chi connectivity index (χ0n) is 11.5. The SMILES string of the molecule is CC1CCCC(C(=O)NC(CO)c2ccccc2)C1. The van der Waals surface area contributed by atoms with Gasteiger partial charge in [-0.05, 0) is 24.3 Å². The third kappa shape index (κ3) is 3.80. The van der Waals surface area contributed by atoms with Crippen LogP contribution in [0.5, 0.6) is 0 Å². The normalized spacial score (nSPS) is 24.7. The van der Waals surface area contributed by atoms with Crippen molar-refractivity contribution < 1.29 is 9.90 Å². The largest absolute Gasteiger partial charge is 0.394 e. The van der Waals surface area contributed by atoms with Gasteiger partial charge in [-0.1, -0.05) is 50.1 Å². The van der Waals surface area contributed by atoms with E-state index in [0.29, 0.717) is 5.92 Å². The summed E-state index contributed by atoms with van der Waals surface area (Å²) in [5.74, 6) is 0.838. The first kappa shape index (κ1) is 14.1. The summed E-state index contributed by atoms with van der Waals surface area (Å²) < 4.78 is 0. The molecule has 0 saturated heterocycles. The van der Waals surface area contributed by atoms with Gasteiger partial charge in [-0.25, -0.2) is 0 Å². The molecule has 104 valence electrons. The average molecular weight is 261 g/mol. The second-order valence-electron chi connectivity index (χ2n) is 5.62. The van der Waals surface area contributed by atoms with Gasteiger partial charge in [0, 0.05) is 5.92 Å². The van der Waals surface area contributed by atoms with E-state index in [1.807, 2.05) is 30.3 Å². The summed E-state index contributed by atoms with van der Waals surface area (Å²) in [7, 11) is 0. The van der Waals surface area contributed by atoms with Crippen molar-refractivity contribution >= 4 is 5.91 Å². The van der Waals surface area contributed by atoms with Crippen LogP contribution in [0, 0.1) is 11.8 Å². The van der Waals surface area contributed by atoms with E-state index in [1.165, 1.54) is 6.42 Å². The van der Waals surface area contributed by atoms with Gasteiger partial charge in [0.25, 0.3) is 0 Å². The van der Waals surface area contributed by atoms with Gasteiger partial charge >= 0.3 is 0 Å². The Morgan fingerprint density at radius 3 is 2.74 bits per heavy atom. The third-order valence-corrected chi connectivity index (χ3v) is 4.01. The molecule has 0 heterocycles. The fourth-order valence-corrected chi connectivity index (χ4v) is 2.88. The van der Waals surface area contributed by atoms with Crippen LogP contribution < -0.4 is 5.32 Å². The monoisotopic (exact) mass is 261 g/mol. The van der Waals surface area contributed by atoms with Crippen molar-refractivity contribution in [3.63, 3.8) is 0 Å². The lowest BCUT2D eigenvalue weighted by Crippen LogP contribution is -2.37. The van der Waals surface area contributed by atoms with Crippen LogP contribution in [0.15, 0.2) is 30.3 Å². The van der Waals surface area contributed by atoms with Crippen LogP contribution >= 0.6 is 0 Å². The molecule has 1 amide bonds.